The first-order valence-electron chi connectivity index (χ1n) is 5.71. The number of fused-ring (bicyclic) bond motifs is 3. The smallest absolute Gasteiger partial charge is 0.126 e. The van der Waals surface area contributed by atoms with E-state index in [4.69, 9.17) is 12.2 Å². The van der Waals surface area contributed by atoms with Crippen LogP contribution in [0.4, 0.5) is 5.69 Å². The number of anilines is 1. The van der Waals surface area contributed by atoms with Gasteiger partial charge in [0.25, 0.3) is 0 Å². The van der Waals surface area contributed by atoms with E-state index in [-0.39, 0.29) is 0 Å². The summed E-state index contributed by atoms with van der Waals surface area (Å²) in [7, 11) is 0. The molecule has 0 amide bonds. The Morgan fingerprint density at radius 2 is 2.24 bits per heavy atom. The van der Waals surface area contributed by atoms with Crippen LogP contribution in [0, 0.1) is 11.3 Å². The van der Waals surface area contributed by atoms with Gasteiger partial charge in [0.2, 0.25) is 0 Å². The monoisotopic (exact) mass is 247 g/mol. The molecular formula is C11H13N5S. The van der Waals surface area contributed by atoms with Gasteiger partial charge in [0.05, 0.1) is 23.6 Å². The number of rotatable bonds is 0. The van der Waals surface area contributed by atoms with Gasteiger partial charge in [-0.05, 0) is 13.0 Å². The van der Waals surface area contributed by atoms with E-state index in [9.17, 15) is 5.26 Å². The topological polar surface area (TPSA) is 64.8 Å². The van der Waals surface area contributed by atoms with E-state index < -0.39 is 0 Å². The predicted octanol–water partition coefficient (Wildman–Crippen LogP) is 0.501. The number of nitriles is 1. The Hall–Kier alpha value is -1.58. The van der Waals surface area contributed by atoms with Gasteiger partial charge < -0.3 is 20.5 Å². The number of nitrogens with zero attached hydrogens (tertiary/aromatic N) is 2. The van der Waals surface area contributed by atoms with E-state index in [1.54, 1.807) is 0 Å². The third-order valence-electron chi connectivity index (χ3n) is 3.24. The van der Waals surface area contributed by atoms with Crippen molar-refractivity contribution in [2.45, 2.75) is 19.5 Å². The van der Waals surface area contributed by atoms with E-state index in [2.05, 4.69) is 26.6 Å². The zero-order valence-electron chi connectivity index (χ0n) is 9.34. The van der Waals surface area contributed by atoms with Crippen LogP contribution >= 0.6 is 12.2 Å². The highest BCUT2D eigenvalue weighted by Crippen LogP contribution is 2.31. The summed E-state index contributed by atoms with van der Waals surface area (Å²) in [5, 5.41) is 19.0. The Morgan fingerprint density at radius 1 is 1.35 bits per heavy atom. The van der Waals surface area contributed by atoms with Crippen LogP contribution < -0.4 is 16.0 Å². The van der Waals surface area contributed by atoms with Gasteiger partial charge in [-0.2, -0.15) is 5.26 Å². The molecule has 0 fully saturated rings. The minimum Gasteiger partial charge on any atom is -0.365 e. The Morgan fingerprint density at radius 3 is 3.06 bits per heavy atom. The van der Waals surface area contributed by atoms with Crippen LogP contribution in [-0.4, -0.2) is 22.8 Å². The first-order chi connectivity index (χ1) is 8.33. The molecule has 0 saturated heterocycles. The number of nitrogens with one attached hydrogen (secondary N) is 3. The van der Waals surface area contributed by atoms with Crippen LogP contribution in [0.5, 0.6) is 0 Å². The first kappa shape index (κ1) is 10.6. The lowest BCUT2D eigenvalue weighted by atomic mass is 10.2. The fourth-order valence-corrected chi connectivity index (χ4v) is 2.78. The number of hydrogen-bond acceptors (Lipinski definition) is 4. The maximum absolute atomic E-state index is 9.32. The van der Waals surface area contributed by atoms with Gasteiger partial charge in [-0.1, -0.05) is 12.2 Å². The fraction of sp³-hybridized carbons (Fsp3) is 0.455. The quantitative estimate of drug-likeness (QED) is 0.583. The second kappa shape index (κ2) is 4.02. The average Bonchev–Trinajstić information content (AvgIpc) is 2.49. The van der Waals surface area contributed by atoms with Crippen LogP contribution in [0.2, 0.25) is 0 Å². The van der Waals surface area contributed by atoms with Crippen molar-refractivity contribution in [2.24, 2.45) is 0 Å². The molecule has 2 aliphatic heterocycles. The molecule has 0 atom stereocenters. The van der Waals surface area contributed by atoms with E-state index in [0.717, 1.165) is 53.7 Å². The van der Waals surface area contributed by atoms with Crippen LogP contribution in [-0.2, 0) is 13.1 Å². The molecule has 0 aromatic carbocycles. The van der Waals surface area contributed by atoms with Crippen LogP contribution in [0.25, 0.3) is 0 Å². The summed E-state index contributed by atoms with van der Waals surface area (Å²) < 4.78 is 2.18. The highest BCUT2D eigenvalue weighted by Gasteiger charge is 2.27. The van der Waals surface area contributed by atoms with Gasteiger partial charge in [0.1, 0.15) is 16.8 Å². The molecule has 3 heterocycles. The van der Waals surface area contributed by atoms with E-state index in [1.165, 1.54) is 0 Å². The summed E-state index contributed by atoms with van der Waals surface area (Å²) in [6.45, 7) is 3.22. The molecule has 0 spiro atoms. The fourth-order valence-electron chi connectivity index (χ4n) is 2.49. The van der Waals surface area contributed by atoms with Crippen molar-refractivity contribution in [3.05, 3.63) is 17.0 Å². The zero-order chi connectivity index (χ0) is 11.8. The molecule has 2 aliphatic rings. The van der Waals surface area contributed by atoms with Crippen molar-refractivity contribution in [3.63, 3.8) is 0 Å². The molecule has 5 nitrogen and oxygen atoms in total. The number of thiocarbonyl (C=S) groups is 1. The Bertz CT molecular complexity index is 525. The molecule has 0 unspecified atom stereocenters. The second-order valence-electron chi connectivity index (χ2n) is 4.20. The summed E-state index contributed by atoms with van der Waals surface area (Å²) in [5.74, 6) is 0. The third-order valence-corrected chi connectivity index (χ3v) is 3.58. The van der Waals surface area contributed by atoms with Crippen molar-refractivity contribution in [3.8, 4) is 6.07 Å². The summed E-state index contributed by atoms with van der Waals surface area (Å²) in [6.07, 6.45) is 1.06. The molecule has 3 N–H and O–H groups in total. The molecule has 17 heavy (non-hydrogen) atoms. The number of hydrogen-bond donors (Lipinski definition) is 3. The summed E-state index contributed by atoms with van der Waals surface area (Å²) in [5.41, 5.74) is 3.66. The van der Waals surface area contributed by atoms with E-state index in [0.29, 0.717) is 6.67 Å². The third kappa shape index (κ3) is 1.51. The normalized spacial score (nSPS) is 18.2. The molecule has 3 rings (SSSR count). The Balaban J connectivity index is 2.24. The second-order valence-corrected chi connectivity index (χ2v) is 4.61. The standard InChI is InChI=1S/C11H13N5S/c12-4-7-8-5-13-2-1-3-16(8)10-9(7)14-6-15-11(10)17/h13-14H,1-3,5-6H2,(H,15,17). The van der Waals surface area contributed by atoms with Gasteiger partial charge in [0.15, 0.2) is 0 Å². The molecule has 1 aromatic heterocycles. The van der Waals surface area contributed by atoms with Gasteiger partial charge in [-0.25, -0.2) is 0 Å². The molecular weight excluding hydrogens is 234 g/mol. The average molecular weight is 247 g/mol. The molecule has 0 saturated carbocycles. The lowest BCUT2D eigenvalue weighted by molar-refractivity contribution is 0.641. The Labute approximate surface area is 105 Å². The molecule has 6 heteroatoms. The summed E-state index contributed by atoms with van der Waals surface area (Å²) in [4.78, 5) is 0.739. The maximum Gasteiger partial charge on any atom is 0.126 e. The highest BCUT2D eigenvalue weighted by atomic mass is 32.1. The largest absolute Gasteiger partial charge is 0.365 e. The lowest BCUT2D eigenvalue weighted by Gasteiger charge is -2.20. The van der Waals surface area contributed by atoms with Crippen molar-refractivity contribution >= 4 is 22.9 Å². The van der Waals surface area contributed by atoms with Crippen LogP contribution in [0.1, 0.15) is 23.4 Å². The minimum absolute atomic E-state index is 0.595. The van der Waals surface area contributed by atoms with E-state index in [1.807, 2.05) is 0 Å². The first-order valence-corrected chi connectivity index (χ1v) is 6.12. The maximum atomic E-state index is 9.32. The predicted molar refractivity (Wildman–Crippen MR) is 68.8 cm³/mol. The van der Waals surface area contributed by atoms with E-state index >= 15 is 0 Å². The molecule has 88 valence electrons. The Kier molecular flexibility index (Phi) is 2.50. The minimum atomic E-state index is 0.595. The van der Waals surface area contributed by atoms with Crippen molar-refractivity contribution in [2.75, 3.05) is 18.5 Å². The van der Waals surface area contributed by atoms with Gasteiger partial charge in [-0.15, -0.1) is 0 Å². The van der Waals surface area contributed by atoms with Crippen molar-refractivity contribution in [1.82, 2.24) is 15.2 Å². The summed E-state index contributed by atoms with van der Waals surface area (Å²) >= 11 is 5.35. The van der Waals surface area contributed by atoms with Gasteiger partial charge >= 0.3 is 0 Å². The highest BCUT2D eigenvalue weighted by molar-refractivity contribution is 7.80. The van der Waals surface area contributed by atoms with Gasteiger partial charge in [-0.3, -0.25) is 0 Å². The lowest BCUT2D eigenvalue weighted by Crippen LogP contribution is -2.35. The zero-order valence-corrected chi connectivity index (χ0v) is 10.2. The van der Waals surface area contributed by atoms with Crippen molar-refractivity contribution < 1.29 is 0 Å². The summed E-state index contributed by atoms with van der Waals surface area (Å²) in [6, 6.07) is 2.30. The van der Waals surface area contributed by atoms with Crippen molar-refractivity contribution in [1.29, 1.82) is 5.26 Å². The van der Waals surface area contributed by atoms with Crippen LogP contribution in [0.3, 0.4) is 0 Å². The molecule has 1 aromatic rings. The SMILES string of the molecule is N#Cc1c2c(n3c1CNCCC3)C(=S)NCN2. The van der Waals surface area contributed by atoms with Gasteiger partial charge in [0, 0.05) is 13.1 Å². The molecule has 0 aliphatic carbocycles. The molecule has 0 bridgehead atoms. The molecule has 0 radical (unpaired) electrons. The number of aromatic nitrogens is 1. The van der Waals surface area contributed by atoms with Crippen LogP contribution in [0.15, 0.2) is 0 Å².